The third kappa shape index (κ3) is 4.05. The number of hydrogen-bond acceptors (Lipinski definition) is 6. The average molecular weight is 419 g/mol. The SMILES string of the molecule is Cc1cc(C#N)cc(C)c1N(Br)c1cnc(Nc2ccc(C#N)cc2)nc1. The summed E-state index contributed by atoms with van der Waals surface area (Å²) >= 11 is 3.57. The van der Waals surface area contributed by atoms with Crippen molar-refractivity contribution in [3.8, 4) is 12.1 Å². The fraction of sp³-hybridized carbons (Fsp3) is 0.100. The molecule has 3 rings (SSSR count). The monoisotopic (exact) mass is 418 g/mol. The molecule has 6 nitrogen and oxygen atoms in total. The number of nitrogens with one attached hydrogen (secondary N) is 1. The molecule has 1 N–H and O–H groups in total. The molecule has 0 unspecified atom stereocenters. The Balaban J connectivity index is 1.81. The highest BCUT2D eigenvalue weighted by atomic mass is 79.9. The van der Waals surface area contributed by atoms with Gasteiger partial charge in [0.1, 0.15) is 0 Å². The lowest BCUT2D eigenvalue weighted by Gasteiger charge is -2.21. The number of hydrogen-bond donors (Lipinski definition) is 1. The van der Waals surface area contributed by atoms with Crippen LogP contribution in [0.5, 0.6) is 0 Å². The van der Waals surface area contributed by atoms with Crippen LogP contribution in [0.3, 0.4) is 0 Å². The van der Waals surface area contributed by atoms with E-state index < -0.39 is 0 Å². The van der Waals surface area contributed by atoms with Crippen molar-refractivity contribution in [3.63, 3.8) is 0 Å². The molecule has 2 aromatic carbocycles. The van der Waals surface area contributed by atoms with Crippen molar-refractivity contribution < 1.29 is 0 Å². The molecule has 132 valence electrons. The minimum Gasteiger partial charge on any atom is -0.324 e. The van der Waals surface area contributed by atoms with E-state index in [1.165, 1.54) is 0 Å². The van der Waals surface area contributed by atoms with Gasteiger partial charge in [-0.1, -0.05) is 0 Å². The molecule has 0 aliphatic carbocycles. The third-order valence-electron chi connectivity index (χ3n) is 3.95. The quantitative estimate of drug-likeness (QED) is 0.597. The van der Waals surface area contributed by atoms with Crippen LogP contribution in [-0.2, 0) is 0 Å². The first-order valence-corrected chi connectivity index (χ1v) is 8.79. The van der Waals surface area contributed by atoms with Crippen LogP contribution >= 0.6 is 16.1 Å². The molecule has 0 aliphatic heterocycles. The number of benzene rings is 2. The van der Waals surface area contributed by atoms with Gasteiger partial charge in [0.15, 0.2) is 0 Å². The van der Waals surface area contributed by atoms with Gasteiger partial charge in [0, 0.05) is 5.69 Å². The van der Waals surface area contributed by atoms with Gasteiger partial charge in [0.2, 0.25) is 5.95 Å². The van der Waals surface area contributed by atoms with Crippen molar-refractivity contribution in [2.45, 2.75) is 13.8 Å². The Bertz CT molecular complexity index is 1020. The Morgan fingerprint density at radius 2 is 1.48 bits per heavy atom. The molecule has 0 atom stereocenters. The molecule has 0 saturated heterocycles. The van der Waals surface area contributed by atoms with Crippen molar-refractivity contribution in [2.24, 2.45) is 0 Å². The molecule has 0 spiro atoms. The molecule has 3 aromatic rings. The van der Waals surface area contributed by atoms with E-state index in [0.717, 1.165) is 28.2 Å². The van der Waals surface area contributed by atoms with Crippen molar-refractivity contribution in [1.82, 2.24) is 9.97 Å². The number of halogens is 1. The highest BCUT2D eigenvalue weighted by molar-refractivity contribution is 9.10. The smallest absolute Gasteiger partial charge is 0.227 e. The topological polar surface area (TPSA) is 88.6 Å². The van der Waals surface area contributed by atoms with Gasteiger partial charge in [-0.3, -0.25) is 3.93 Å². The van der Waals surface area contributed by atoms with Gasteiger partial charge in [-0.05, 0) is 61.4 Å². The molecule has 1 heterocycles. The standard InChI is InChI=1S/C20H15BrN6/c1-13-7-16(10-23)8-14(2)19(13)27(21)18-11-24-20(25-12-18)26-17-5-3-15(9-22)4-6-17/h3-8,11-12H,1-2H3,(H,24,25,26). The number of anilines is 4. The Kier molecular flexibility index (Phi) is 5.35. The number of rotatable bonds is 4. The second-order valence-corrected chi connectivity index (χ2v) is 6.64. The lowest BCUT2D eigenvalue weighted by Crippen LogP contribution is -2.07. The molecule has 0 fully saturated rings. The first-order valence-electron chi connectivity index (χ1n) is 8.08. The normalized spacial score (nSPS) is 9.96. The Hall–Kier alpha value is -3.42. The number of nitriles is 2. The predicted molar refractivity (Wildman–Crippen MR) is 108 cm³/mol. The van der Waals surface area contributed by atoms with E-state index in [-0.39, 0.29) is 0 Å². The van der Waals surface area contributed by atoms with E-state index in [0.29, 0.717) is 17.1 Å². The second-order valence-electron chi connectivity index (χ2n) is 5.93. The summed E-state index contributed by atoms with van der Waals surface area (Å²) < 4.78 is 1.82. The summed E-state index contributed by atoms with van der Waals surface area (Å²) in [7, 11) is 0. The maximum absolute atomic E-state index is 9.10. The van der Waals surface area contributed by atoms with Crippen LogP contribution in [0.15, 0.2) is 48.8 Å². The Morgan fingerprint density at radius 3 is 2.00 bits per heavy atom. The lowest BCUT2D eigenvalue weighted by atomic mass is 10.0. The molecule has 0 amide bonds. The molecule has 0 radical (unpaired) electrons. The van der Waals surface area contributed by atoms with Gasteiger partial charge in [0.25, 0.3) is 0 Å². The van der Waals surface area contributed by atoms with Crippen LogP contribution < -0.4 is 9.24 Å². The highest BCUT2D eigenvalue weighted by Crippen LogP contribution is 2.34. The van der Waals surface area contributed by atoms with E-state index in [2.05, 4.69) is 43.6 Å². The first kappa shape index (κ1) is 18.4. The van der Waals surface area contributed by atoms with E-state index in [1.54, 1.807) is 36.7 Å². The van der Waals surface area contributed by atoms with Gasteiger partial charge < -0.3 is 5.32 Å². The molecule has 7 heteroatoms. The summed E-state index contributed by atoms with van der Waals surface area (Å²) in [5, 5.41) is 21.0. The summed E-state index contributed by atoms with van der Waals surface area (Å²) in [6.07, 6.45) is 3.40. The van der Waals surface area contributed by atoms with E-state index in [9.17, 15) is 0 Å². The first-order chi connectivity index (χ1) is 13.0. The van der Waals surface area contributed by atoms with Crippen molar-refractivity contribution >= 4 is 39.2 Å². The number of aromatic nitrogens is 2. The van der Waals surface area contributed by atoms with Gasteiger partial charge >= 0.3 is 0 Å². The van der Waals surface area contributed by atoms with Crippen LogP contribution in [0, 0.1) is 36.5 Å². The van der Waals surface area contributed by atoms with Gasteiger partial charge in [-0.25, -0.2) is 9.97 Å². The summed E-state index contributed by atoms with van der Waals surface area (Å²) in [5.74, 6) is 0.456. The van der Waals surface area contributed by atoms with Gasteiger partial charge in [0.05, 0.1) is 63.2 Å². The van der Waals surface area contributed by atoms with Crippen LogP contribution in [0.25, 0.3) is 0 Å². The van der Waals surface area contributed by atoms with Gasteiger partial charge in [-0.2, -0.15) is 10.5 Å². The minimum absolute atomic E-state index is 0.456. The molecule has 0 aliphatic rings. The predicted octanol–water partition coefficient (Wildman–Crippen LogP) is 5.03. The van der Waals surface area contributed by atoms with E-state index in [1.807, 2.05) is 29.9 Å². The van der Waals surface area contributed by atoms with Crippen molar-refractivity contribution in [3.05, 3.63) is 71.0 Å². The van der Waals surface area contributed by atoms with Crippen LogP contribution in [-0.4, -0.2) is 9.97 Å². The molecule has 0 bridgehead atoms. The van der Waals surface area contributed by atoms with Crippen LogP contribution in [0.4, 0.5) is 23.0 Å². The largest absolute Gasteiger partial charge is 0.324 e. The maximum atomic E-state index is 9.10. The summed E-state index contributed by atoms with van der Waals surface area (Å²) in [6.45, 7) is 3.91. The summed E-state index contributed by atoms with van der Waals surface area (Å²) in [6, 6.07) is 15.0. The van der Waals surface area contributed by atoms with E-state index >= 15 is 0 Å². The summed E-state index contributed by atoms with van der Waals surface area (Å²) in [5.41, 5.74) is 5.69. The van der Waals surface area contributed by atoms with Gasteiger partial charge in [-0.15, -0.1) is 0 Å². The molecule has 0 saturated carbocycles. The fourth-order valence-corrected chi connectivity index (χ4v) is 3.45. The zero-order valence-corrected chi connectivity index (χ0v) is 16.3. The molecular weight excluding hydrogens is 404 g/mol. The minimum atomic E-state index is 0.456. The summed E-state index contributed by atoms with van der Waals surface area (Å²) in [4.78, 5) is 8.69. The van der Waals surface area contributed by atoms with E-state index in [4.69, 9.17) is 10.5 Å². The zero-order valence-electron chi connectivity index (χ0n) is 14.7. The Morgan fingerprint density at radius 1 is 0.926 bits per heavy atom. The highest BCUT2D eigenvalue weighted by Gasteiger charge is 2.14. The average Bonchev–Trinajstić information content (AvgIpc) is 2.68. The zero-order chi connectivity index (χ0) is 19.4. The second kappa shape index (κ2) is 7.86. The third-order valence-corrected chi connectivity index (χ3v) is 4.72. The van der Waals surface area contributed by atoms with Crippen LogP contribution in [0.2, 0.25) is 0 Å². The molecule has 1 aromatic heterocycles. The Labute approximate surface area is 166 Å². The maximum Gasteiger partial charge on any atom is 0.227 e. The number of aryl methyl sites for hydroxylation is 2. The molecule has 27 heavy (non-hydrogen) atoms. The number of nitrogens with zero attached hydrogens (tertiary/aromatic N) is 5. The van der Waals surface area contributed by atoms with Crippen molar-refractivity contribution in [1.29, 1.82) is 10.5 Å². The van der Waals surface area contributed by atoms with Crippen molar-refractivity contribution in [2.75, 3.05) is 9.24 Å². The molecular formula is C20H15BrN6. The fourth-order valence-electron chi connectivity index (χ4n) is 2.70. The van der Waals surface area contributed by atoms with Crippen LogP contribution in [0.1, 0.15) is 22.3 Å². The lowest BCUT2D eigenvalue weighted by molar-refractivity contribution is 1.15.